The molecular formula is C18H18BrN5O. The van der Waals surface area contributed by atoms with Crippen LogP contribution in [0.4, 0.5) is 10.5 Å². The topological polar surface area (TPSA) is 71.3 Å². The molecule has 2 N–H and O–H groups in total. The second kappa shape index (κ2) is 6.84. The summed E-state index contributed by atoms with van der Waals surface area (Å²) in [5.74, 6) is 0. The summed E-state index contributed by atoms with van der Waals surface area (Å²) in [6.45, 7) is 0. The Morgan fingerprint density at radius 3 is 3.16 bits per heavy atom. The molecule has 1 aliphatic carbocycles. The van der Waals surface area contributed by atoms with Gasteiger partial charge in [-0.3, -0.25) is 0 Å². The molecule has 0 bridgehead atoms. The molecular weight excluding hydrogens is 382 g/mol. The fourth-order valence-corrected chi connectivity index (χ4v) is 3.73. The number of anilines is 1. The van der Waals surface area contributed by atoms with Crippen molar-refractivity contribution in [1.29, 1.82) is 0 Å². The van der Waals surface area contributed by atoms with E-state index in [9.17, 15) is 4.79 Å². The highest BCUT2D eigenvalue weighted by molar-refractivity contribution is 9.10. The Bertz CT molecular complexity index is 923. The van der Waals surface area contributed by atoms with Crippen molar-refractivity contribution < 1.29 is 4.79 Å². The molecule has 128 valence electrons. The summed E-state index contributed by atoms with van der Waals surface area (Å²) in [6, 6.07) is 8.10. The van der Waals surface area contributed by atoms with Gasteiger partial charge >= 0.3 is 6.03 Å². The van der Waals surface area contributed by atoms with Crippen LogP contribution in [0.5, 0.6) is 0 Å². The van der Waals surface area contributed by atoms with Crippen LogP contribution in [0, 0.1) is 0 Å². The second-order valence-corrected chi connectivity index (χ2v) is 7.17. The van der Waals surface area contributed by atoms with Gasteiger partial charge in [-0.05, 0) is 55.0 Å². The fraction of sp³-hybridized carbons (Fsp3) is 0.278. The molecule has 1 atom stereocenters. The van der Waals surface area contributed by atoms with Crippen molar-refractivity contribution in [1.82, 2.24) is 19.9 Å². The smallest absolute Gasteiger partial charge is 0.319 e. The number of aromatic nitrogens is 3. The Morgan fingerprint density at radius 2 is 2.24 bits per heavy atom. The molecule has 2 heterocycles. The molecule has 2 aromatic heterocycles. The average molecular weight is 400 g/mol. The normalized spacial score (nSPS) is 16.9. The van der Waals surface area contributed by atoms with E-state index in [-0.39, 0.29) is 12.1 Å². The predicted octanol–water partition coefficient (Wildman–Crippen LogP) is 3.56. The van der Waals surface area contributed by atoms with Crippen molar-refractivity contribution in [3.63, 3.8) is 0 Å². The number of benzene rings is 1. The van der Waals surface area contributed by atoms with Crippen molar-refractivity contribution in [3.8, 4) is 0 Å². The highest BCUT2D eigenvalue weighted by atomic mass is 79.9. The number of nitrogens with one attached hydrogen (secondary N) is 2. The highest BCUT2D eigenvalue weighted by Crippen LogP contribution is 2.24. The van der Waals surface area contributed by atoms with E-state index in [2.05, 4.69) is 54.8 Å². The van der Waals surface area contributed by atoms with Gasteiger partial charge in [0.05, 0.1) is 6.20 Å². The molecule has 4 rings (SSSR count). The van der Waals surface area contributed by atoms with E-state index < -0.39 is 0 Å². The Hall–Kier alpha value is -2.41. The lowest BCUT2D eigenvalue weighted by Gasteiger charge is -2.17. The number of halogens is 1. The van der Waals surface area contributed by atoms with E-state index >= 15 is 0 Å². The van der Waals surface area contributed by atoms with Crippen LogP contribution in [0.1, 0.15) is 24.0 Å². The number of rotatable bonds is 2. The minimum Gasteiger partial charge on any atom is -0.335 e. The summed E-state index contributed by atoms with van der Waals surface area (Å²) < 4.78 is 2.71. The molecule has 0 radical (unpaired) electrons. The molecule has 1 aromatic carbocycles. The third-order valence-electron chi connectivity index (χ3n) is 4.50. The Labute approximate surface area is 153 Å². The van der Waals surface area contributed by atoms with E-state index in [1.54, 1.807) is 29.2 Å². The molecule has 1 unspecified atom stereocenters. The van der Waals surface area contributed by atoms with Gasteiger partial charge in [0.25, 0.3) is 0 Å². The van der Waals surface area contributed by atoms with Gasteiger partial charge in [-0.25, -0.2) is 14.3 Å². The van der Waals surface area contributed by atoms with Crippen LogP contribution in [0.2, 0.25) is 0 Å². The maximum atomic E-state index is 12.4. The zero-order valence-electron chi connectivity index (χ0n) is 13.6. The summed E-state index contributed by atoms with van der Waals surface area (Å²) in [5, 5.41) is 10.1. The molecule has 3 aromatic rings. The van der Waals surface area contributed by atoms with Gasteiger partial charge in [-0.15, -0.1) is 0 Å². The Morgan fingerprint density at radius 1 is 1.32 bits per heavy atom. The second-order valence-electron chi connectivity index (χ2n) is 6.25. The SMILES string of the molecule is O=C(Nc1cnn2cccnc12)NC1CCCc2ccc(Br)cc2C1. The van der Waals surface area contributed by atoms with Crippen LogP contribution >= 0.6 is 15.9 Å². The number of nitrogens with zero attached hydrogens (tertiary/aromatic N) is 3. The van der Waals surface area contributed by atoms with E-state index in [0.29, 0.717) is 11.3 Å². The minimum atomic E-state index is -0.219. The third kappa shape index (κ3) is 3.51. The lowest BCUT2D eigenvalue weighted by Crippen LogP contribution is -2.39. The molecule has 7 heteroatoms. The minimum absolute atomic E-state index is 0.116. The quantitative estimate of drug-likeness (QED) is 0.647. The maximum Gasteiger partial charge on any atom is 0.319 e. The summed E-state index contributed by atoms with van der Waals surface area (Å²) in [7, 11) is 0. The fourth-order valence-electron chi connectivity index (χ4n) is 3.32. The van der Waals surface area contributed by atoms with E-state index in [4.69, 9.17) is 0 Å². The molecule has 0 aliphatic heterocycles. The Balaban J connectivity index is 1.45. The molecule has 2 amide bonds. The zero-order chi connectivity index (χ0) is 17.2. The average Bonchev–Trinajstić information content (AvgIpc) is 2.88. The number of urea groups is 1. The Kier molecular flexibility index (Phi) is 4.40. The van der Waals surface area contributed by atoms with E-state index in [0.717, 1.165) is 30.2 Å². The lowest BCUT2D eigenvalue weighted by molar-refractivity contribution is 0.247. The van der Waals surface area contributed by atoms with Crippen molar-refractivity contribution >= 4 is 33.3 Å². The van der Waals surface area contributed by atoms with E-state index in [1.807, 2.05) is 0 Å². The zero-order valence-corrected chi connectivity index (χ0v) is 15.2. The van der Waals surface area contributed by atoms with Gasteiger partial charge in [0.1, 0.15) is 5.69 Å². The number of aryl methyl sites for hydroxylation is 1. The maximum absolute atomic E-state index is 12.4. The number of carbonyl (C=O) groups is 1. The molecule has 0 saturated carbocycles. The highest BCUT2D eigenvalue weighted by Gasteiger charge is 2.19. The lowest BCUT2D eigenvalue weighted by atomic mass is 10.0. The molecule has 0 saturated heterocycles. The largest absolute Gasteiger partial charge is 0.335 e. The monoisotopic (exact) mass is 399 g/mol. The van der Waals surface area contributed by atoms with Gasteiger partial charge in [0, 0.05) is 22.9 Å². The first-order chi connectivity index (χ1) is 12.2. The number of amides is 2. The van der Waals surface area contributed by atoms with Gasteiger partial charge in [-0.1, -0.05) is 22.0 Å². The first kappa shape index (κ1) is 16.1. The molecule has 1 aliphatic rings. The first-order valence-electron chi connectivity index (χ1n) is 8.32. The standard InChI is InChI=1S/C18H18BrN5O/c19-14-6-5-12-3-1-4-15(10-13(12)9-14)22-18(25)23-16-11-21-24-8-2-7-20-17(16)24/h2,5-9,11,15H,1,3-4,10H2,(H2,22,23,25). The molecule has 0 fully saturated rings. The van der Waals surface area contributed by atoms with Gasteiger partial charge in [0.15, 0.2) is 5.65 Å². The van der Waals surface area contributed by atoms with Crippen molar-refractivity contribution in [3.05, 3.63) is 58.5 Å². The van der Waals surface area contributed by atoms with Crippen molar-refractivity contribution in [2.24, 2.45) is 0 Å². The number of fused-ring (bicyclic) bond motifs is 2. The van der Waals surface area contributed by atoms with Crippen LogP contribution in [0.25, 0.3) is 5.65 Å². The van der Waals surface area contributed by atoms with Crippen LogP contribution in [0.3, 0.4) is 0 Å². The number of carbonyl (C=O) groups excluding carboxylic acids is 1. The molecule has 6 nitrogen and oxygen atoms in total. The van der Waals surface area contributed by atoms with Crippen LogP contribution < -0.4 is 10.6 Å². The van der Waals surface area contributed by atoms with Gasteiger partial charge in [0.2, 0.25) is 0 Å². The van der Waals surface area contributed by atoms with Gasteiger partial charge in [-0.2, -0.15) is 5.10 Å². The summed E-state index contributed by atoms with van der Waals surface area (Å²) in [5.41, 5.74) is 3.91. The van der Waals surface area contributed by atoms with Crippen LogP contribution in [-0.2, 0) is 12.8 Å². The summed E-state index contributed by atoms with van der Waals surface area (Å²) in [4.78, 5) is 16.7. The van der Waals surface area contributed by atoms with E-state index in [1.165, 1.54) is 11.1 Å². The summed E-state index contributed by atoms with van der Waals surface area (Å²) in [6.07, 6.45) is 9.02. The van der Waals surface area contributed by atoms with Crippen molar-refractivity contribution in [2.75, 3.05) is 5.32 Å². The van der Waals surface area contributed by atoms with Crippen molar-refractivity contribution in [2.45, 2.75) is 31.7 Å². The summed E-state index contributed by atoms with van der Waals surface area (Å²) >= 11 is 3.53. The predicted molar refractivity (Wildman–Crippen MR) is 99.7 cm³/mol. The number of hydrogen-bond donors (Lipinski definition) is 2. The molecule has 0 spiro atoms. The number of hydrogen-bond acceptors (Lipinski definition) is 3. The molecule has 25 heavy (non-hydrogen) atoms. The first-order valence-corrected chi connectivity index (χ1v) is 9.11. The van der Waals surface area contributed by atoms with Crippen LogP contribution in [-0.4, -0.2) is 26.7 Å². The van der Waals surface area contributed by atoms with Gasteiger partial charge < -0.3 is 10.6 Å². The third-order valence-corrected chi connectivity index (χ3v) is 4.99. The van der Waals surface area contributed by atoms with Crippen LogP contribution in [0.15, 0.2) is 47.3 Å².